The van der Waals surface area contributed by atoms with Gasteiger partial charge in [0, 0.05) is 11.7 Å². The fourth-order valence-electron chi connectivity index (χ4n) is 2.32. The monoisotopic (exact) mass is 199 g/mol. The number of ketones is 1. The fraction of sp³-hybridized carbons (Fsp3) is 0.308. The molecule has 1 aliphatic rings. The number of rotatable bonds is 2. The zero-order valence-electron chi connectivity index (χ0n) is 8.71. The van der Waals surface area contributed by atoms with Crippen LogP contribution in [0.4, 0.5) is 0 Å². The smallest absolute Gasteiger partial charge is 0.140 e. The number of carbonyl (C=O) groups excluding carboxylic acids is 1. The van der Waals surface area contributed by atoms with Gasteiger partial charge < -0.3 is 4.98 Å². The summed E-state index contributed by atoms with van der Waals surface area (Å²) in [5.41, 5.74) is 2.17. The third kappa shape index (κ3) is 1.14. The Balaban J connectivity index is 2.15. The summed E-state index contributed by atoms with van der Waals surface area (Å²) in [6, 6.07) is 8.33. The van der Waals surface area contributed by atoms with E-state index in [0.29, 0.717) is 5.78 Å². The molecule has 0 atom stereocenters. The van der Waals surface area contributed by atoms with E-state index in [2.05, 4.69) is 29.2 Å². The van der Waals surface area contributed by atoms with E-state index in [1.54, 1.807) is 6.92 Å². The van der Waals surface area contributed by atoms with Crippen LogP contribution in [-0.2, 0) is 10.2 Å². The van der Waals surface area contributed by atoms with Crippen molar-refractivity contribution in [2.24, 2.45) is 0 Å². The molecule has 0 amide bonds. The minimum Gasteiger partial charge on any atom is -0.361 e. The molecular weight excluding hydrogens is 186 g/mol. The van der Waals surface area contributed by atoms with Gasteiger partial charge in [-0.05, 0) is 48.9 Å². The van der Waals surface area contributed by atoms with Crippen LogP contribution >= 0.6 is 0 Å². The van der Waals surface area contributed by atoms with E-state index in [4.69, 9.17) is 0 Å². The summed E-state index contributed by atoms with van der Waals surface area (Å²) in [4.78, 5) is 14.8. The number of aromatic nitrogens is 1. The SMILES string of the molecule is CC(=O)C1(c2ccc3[nH]ccc3c2)CC1. The predicted molar refractivity (Wildman–Crippen MR) is 59.9 cm³/mol. The molecule has 2 nitrogen and oxygen atoms in total. The molecule has 1 fully saturated rings. The van der Waals surface area contributed by atoms with E-state index < -0.39 is 0 Å². The number of hydrogen-bond donors (Lipinski definition) is 1. The highest BCUT2D eigenvalue weighted by Crippen LogP contribution is 2.49. The molecule has 1 aromatic heterocycles. The first-order chi connectivity index (χ1) is 7.22. The van der Waals surface area contributed by atoms with E-state index >= 15 is 0 Å². The van der Waals surface area contributed by atoms with Gasteiger partial charge in [-0.15, -0.1) is 0 Å². The quantitative estimate of drug-likeness (QED) is 0.792. The molecule has 0 unspecified atom stereocenters. The van der Waals surface area contributed by atoms with Crippen molar-refractivity contribution in [3.05, 3.63) is 36.0 Å². The maximum Gasteiger partial charge on any atom is 0.140 e. The first-order valence-electron chi connectivity index (χ1n) is 5.31. The first-order valence-corrected chi connectivity index (χ1v) is 5.31. The summed E-state index contributed by atoms with van der Waals surface area (Å²) in [7, 11) is 0. The Hall–Kier alpha value is -1.57. The lowest BCUT2D eigenvalue weighted by molar-refractivity contribution is -0.119. The van der Waals surface area contributed by atoms with Gasteiger partial charge >= 0.3 is 0 Å². The van der Waals surface area contributed by atoms with E-state index in [0.717, 1.165) is 18.4 Å². The van der Waals surface area contributed by atoms with E-state index in [1.807, 2.05) is 6.20 Å². The molecule has 2 heteroatoms. The molecular formula is C13H13NO. The minimum atomic E-state index is -0.147. The molecule has 1 aromatic carbocycles. The Kier molecular flexibility index (Phi) is 1.58. The maximum atomic E-state index is 11.6. The molecule has 0 saturated heterocycles. The van der Waals surface area contributed by atoms with Gasteiger partial charge in [0.25, 0.3) is 0 Å². The van der Waals surface area contributed by atoms with Gasteiger partial charge in [0.15, 0.2) is 0 Å². The molecule has 3 rings (SSSR count). The van der Waals surface area contributed by atoms with Crippen LogP contribution in [0.2, 0.25) is 0 Å². The zero-order valence-corrected chi connectivity index (χ0v) is 8.71. The Bertz CT molecular complexity index is 534. The number of aromatic amines is 1. The largest absolute Gasteiger partial charge is 0.361 e. The topological polar surface area (TPSA) is 32.9 Å². The lowest BCUT2D eigenvalue weighted by Crippen LogP contribution is -2.16. The van der Waals surface area contributed by atoms with Crippen LogP contribution in [0.25, 0.3) is 10.9 Å². The molecule has 1 heterocycles. The minimum absolute atomic E-state index is 0.147. The van der Waals surface area contributed by atoms with Crippen molar-refractivity contribution in [1.82, 2.24) is 4.98 Å². The van der Waals surface area contributed by atoms with Crippen molar-refractivity contribution >= 4 is 16.7 Å². The molecule has 1 saturated carbocycles. The predicted octanol–water partition coefficient (Wildman–Crippen LogP) is 2.79. The van der Waals surface area contributed by atoms with Gasteiger partial charge in [-0.1, -0.05) is 6.07 Å². The molecule has 0 radical (unpaired) electrons. The number of Topliss-reactive ketones (excluding diaryl/α,β-unsaturated/α-hetero) is 1. The number of nitrogens with one attached hydrogen (secondary N) is 1. The Morgan fingerprint density at radius 3 is 2.80 bits per heavy atom. The molecule has 76 valence electrons. The molecule has 0 spiro atoms. The number of hydrogen-bond acceptors (Lipinski definition) is 1. The molecule has 15 heavy (non-hydrogen) atoms. The van der Waals surface area contributed by atoms with Crippen molar-refractivity contribution in [3.63, 3.8) is 0 Å². The fourth-order valence-corrected chi connectivity index (χ4v) is 2.32. The molecule has 1 aliphatic carbocycles. The molecule has 0 aliphatic heterocycles. The standard InChI is InChI=1S/C13H13NO/c1-9(15)13(5-6-13)11-2-3-12-10(8-11)4-7-14-12/h2-4,7-8,14H,5-6H2,1H3. The second-order valence-electron chi connectivity index (χ2n) is 4.42. The van der Waals surface area contributed by atoms with Crippen molar-refractivity contribution in [2.75, 3.05) is 0 Å². The highest BCUT2D eigenvalue weighted by molar-refractivity contribution is 5.92. The third-order valence-electron chi connectivity index (χ3n) is 3.53. The van der Waals surface area contributed by atoms with Crippen LogP contribution in [0.3, 0.4) is 0 Å². The van der Waals surface area contributed by atoms with Crippen LogP contribution in [0, 0.1) is 0 Å². The Morgan fingerprint density at radius 1 is 1.33 bits per heavy atom. The van der Waals surface area contributed by atoms with Gasteiger partial charge in [0.05, 0.1) is 5.41 Å². The Morgan fingerprint density at radius 2 is 2.13 bits per heavy atom. The summed E-state index contributed by atoms with van der Waals surface area (Å²) < 4.78 is 0. The summed E-state index contributed by atoms with van der Waals surface area (Å²) in [6.45, 7) is 1.70. The van der Waals surface area contributed by atoms with Gasteiger partial charge in [-0.25, -0.2) is 0 Å². The van der Waals surface area contributed by atoms with Crippen molar-refractivity contribution < 1.29 is 4.79 Å². The average Bonchev–Trinajstić information content (AvgIpc) is 2.91. The lowest BCUT2D eigenvalue weighted by atomic mass is 9.91. The highest BCUT2D eigenvalue weighted by Gasteiger charge is 2.48. The van der Waals surface area contributed by atoms with Gasteiger partial charge in [-0.2, -0.15) is 0 Å². The second kappa shape index (κ2) is 2.72. The van der Waals surface area contributed by atoms with Crippen molar-refractivity contribution in [3.8, 4) is 0 Å². The molecule has 2 aromatic rings. The van der Waals surface area contributed by atoms with Gasteiger partial charge in [0.2, 0.25) is 0 Å². The van der Waals surface area contributed by atoms with Crippen LogP contribution in [0.15, 0.2) is 30.5 Å². The molecule has 0 bridgehead atoms. The third-order valence-corrected chi connectivity index (χ3v) is 3.53. The second-order valence-corrected chi connectivity index (χ2v) is 4.42. The summed E-state index contributed by atoms with van der Waals surface area (Å²) in [5.74, 6) is 0.303. The average molecular weight is 199 g/mol. The number of carbonyl (C=O) groups is 1. The van der Waals surface area contributed by atoms with Crippen molar-refractivity contribution in [1.29, 1.82) is 0 Å². The van der Waals surface area contributed by atoms with Crippen LogP contribution in [0.5, 0.6) is 0 Å². The normalized spacial score (nSPS) is 17.9. The van der Waals surface area contributed by atoms with Crippen molar-refractivity contribution in [2.45, 2.75) is 25.2 Å². The summed E-state index contributed by atoms with van der Waals surface area (Å²) in [6.07, 6.45) is 3.96. The Labute approximate surface area is 88.3 Å². The number of H-pyrrole nitrogens is 1. The van der Waals surface area contributed by atoms with E-state index in [-0.39, 0.29) is 5.41 Å². The number of benzene rings is 1. The zero-order chi connectivity index (χ0) is 10.5. The summed E-state index contributed by atoms with van der Waals surface area (Å²) in [5, 5.41) is 1.19. The molecule has 1 N–H and O–H groups in total. The van der Waals surface area contributed by atoms with Crippen LogP contribution < -0.4 is 0 Å². The van der Waals surface area contributed by atoms with Gasteiger partial charge in [-0.3, -0.25) is 4.79 Å². The van der Waals surface area contributed by atoms with Crippen LogP contribution in [-0.4, -0.2) is 10.8 Å². The lowest BCUT2D eigenvalue weighted by Gasteiger charge is -2.11. The van der Waals surface area contributed by atoms with Crippen LogP contribution in [0.1, 0.15) is 25.3 Å². The highest BCUT2D eigenvalue weighted by atomic mass is 16.1. The van der Waals surface area contributed by atoms with E-state index in [1.165, 1.54) is 10.9 Å². The van der Waals surface area contributed by atoms with E-state index in [9.17, 15) is 4.79 Å². The first kappa shape index (κ1) is 8.72. The van der Waals surface area contributed by atoms with Gasteiger partial charge in [0.1, 0.15) is 5.78 Å². The summed E-state index contributed by atoms with van der Waals surface area (Å²) >= 11 is 0. The maximum absolute atomic E-state index is 11.6. The number of fused-ring (bicyclic) bond motifs is 1.